The molecular weight excluding hydrogens is 386 g/mol. The molecule has 140 valence electrons. The van der Waals surface area contributed by atoms with Gasteiger partial charge in [-0.15, -0.1) is 0 Å². The quantitative estimate of drug-likeness (QED) is 0.651. The van der Waals surface area contributed by atoms with E-state index in [2.05, 4.69) is 10.1 Å². The zero-order valence-electron chi connectivity index (χ0n) is 14.7. The van der Waals surface area contributed by atoms with Crippen LogP contribution in [0.25, 0.3) is 11.4 Å². The molecule has 1 aliphatic rings. The average molecular weight is 404 g/mol. The van der Waals surface area contributed by atoms with Gasteiger partial charge < -0.3 is 4.52 Å². The molecule has 2 heterocycles. The lowest BCUT2D eigenvalue weighted by Gasteiger charge is -2.21. The van der Waals surface area contributed by atoms with Gasteiger partial charge in [0, 0.05) is 17.1 Å². The third kappa shape index (κ3) is 3.50. The predicted molar refractivity (Wildman–Crippen MR) is 102 cm³/mol. The van der Waals surface area contributed by atoms with Crippen molar-refractivity contribution in [3.8, 4) is 11.4 Å². The molecule has 1 aliphatic heterocycles. The summed E-state index contributed by atoms with van der Waals surface area (Å²) in [4.78, 5) is 4.66. The molecule has 0 N–H and O–H groups in total. The highest BCUT2D eigenvalue weighted by molar-refractivity contribution is 7.89. The molecule has 0 radical (unpaired) electrons. The molecule has 0 unspecified atom stereocenters. The Kier molecular flexibility index (Phi) is 4.75. The first-order chi connectivity index (χ1) is 12.9. The summed E-state index contributed by atoms with van der Waals surface area (Å²) in [5, 5.41) is 4.53. The maximum atomic E-state index is 13.0. The summed E-state index contributed by atoms with van der Waals surface area (Å²) in [6, 6.07) is 13.5. The van der Waals surface area contributed by atoms with E-state index < -0.39 is 16.1 Å². The summed E-state index contributed by atoms with van der Waals surface area (Å²) >= 11 is 5.87. The van der Waals surface area contributed by atoms with Crippen LogP contribution in [0.1, 0.15) is 30.3 Å². The van der Waals surface area contributed by atoms with E-state index >= 15 is 0 Å². The van der Waals surface area contributed by atoms with Crippen molar-refractivity contribution in [3.05, 3.63) is 65.0 Å². The van der Waals surface area contributed by atoms with Crippen molar-refractivity contribution in [1.82, 2.24) is 14.4 Å². The van der Waals surface area contributed by atoms with E-state index in [1.165, 1.54) is 16.4 Å². The van der Waals surface area contributed by atoms with E-state index in [4.69, 9.17) is 16.1 Å². The van der Waals surface area contributed by atoms with Crippen molar-refractivity contribution in [1.29, 1.82) is 0 Å². The lowest BCUT2D eigenvalue weighted by molar-refractivity contribution is 0.290. The van der Waals surface area contributed by atoms with Crippen LogP contribution in [0.5, 0.6) is 0 Å². The fraction of sp³-hybridized carbons (Fsp3) is 0.263. The molecule has 0 amide bonds. The topological polar surface area (TPSA) is 76.3 Å². The summed E-state index contributed by atoms with van der Waals surface area (Å²) in [6.45, 7) is 2.42. The number of sulfonamides is 1. The number of benzene rings is 2. The molecule has 4 rings (SSSR count). The average Bonchev–Trinajstić information content (AvgIpc) is 3.32. The van der Waals surface area contributed by atoms with Crippen LogP contribution in [0, 0.1) is 6.92 Å². The Morgan fingerprint density at radius 3 is 2.52 bits per heavy atom. The largest absolute Gasteiger partial charge is 0.337 e. The number of aromatic nitrogens is 2. The molecule has 0 spiro atoms. The van der Waals surface area contributed by atoms with Crippen LogP contribution < -0.4 is 0 Å². The SMILES string of the molecule is Cc1ccc(-c2noc([C@@H]3CCCN3S(=O)(=O)c3ccc(Cl)cc3)n2)cc1. The highest BCUT2D eigenvalue weighted by atomic mass is 35.5. The molecule has 2 aromatic carbocycles. The van der Waals surface area contributed by atoms with Gasteiger partial charge in [0.05, 0.1) is 4.90 Å². The first-order valence-electron chi connectivity index (χ1n) is 8.63. The van der Waals surface area contributed by atoms with Gasteiger partial charge in [0.1, 0.15) is 6.04 Å². The van der Waals surface area contributed by atoms with Gasteiger partial charge in [-0.2, -0.15) is 9.29 Å². The van der Waals surface area contributed by atoms with Crippen molar-refractivity contribution in [2.45, 2.75) is 30.7 Å². The molecule has 0 saturated carbocycles. The summed E-state index contributed by atoms with van der Waals surface area (Å²) in [7, 11) is -3.67. The van der Waals surface area contributed by atoms with Gasteiger partial charge in [0.15, 0.2) is 0 Å². The van der Waals surface area contributed by atoms with E-state index in [1.807, 2.05) is 31.2 Å². The molecule has 6 nitrogen and oxygen atoms in total. The van der Waals surface area contributed by atoms with Crippen molar-refractivity contribution in [2.24, 2.45) is 0 Å². The van der Waals surface area contributed by atoms with Crippen LogP contribution in [0.2, 0.25) is 5.02 Å². The molecule has 1 aromatic heterocycles. The summed E-state index contributed by atoms with van der Waals surface area (Å²) in [5.41, 5.74) is 1.97. The fourth-order valence-electron chi connectivity index (χ4n) is 3.21. The van der Waals surface area contributed by atoms with E-state index in [-0.39, 0.29) is 4.90 Å². The Labute approximate surface area is 162 Å². The van der Waals surface area contributed by atoms with Crippen molar-refractivity contribution >= 4 is 21.6 Å². The lowest BCUT2D eigenvalue weighted by Crippen LogP contribution is -2.30. The summed E-state index contributed by atoms with van der Waals surface area (Å²) in [6.07, 6.45) is 1.38. The van der Waals surface area contributed by atoms with Crippen molar-refractivity contribution in [2.75, 3.05) is 6.54 Å². The van der Waals surface area contributed by atoms with Crippen molar-refractivity contribution < 1.29 is 12.9 Å². The van der Waals surface area contributed by atoms with Crippen LogP contribution in [-0.4, -0.2) is 29.4 Å². The fourth-order valence-corrected chi connectivity index (χ4v) is 4.98. The Hall–Kier alpha value is -2.22. The van der Waals surface area contributed by atoms with Gasteiger partial charge >= 0.3 is 0 Å². The first-order valence-corrected chi connectivity index (χ1v) is 10.4. The second-order valence-corrected chi connectivity index (χ2v) is 8.88. The van der Waals surface area contributed by atoms with Gasteiger partial charge in [-0.1, -0.05) is 46.6 Å². The highest BCUT2D eigenvalue weighted by Gasteiger charge is 2.39. The Morgan fingerprint density at radius 1 is 1.11 bits per heavy atom. The number of halogens is 1. The van der Waals surface area contributed by atoms with Crippen LogP contribution in [-0.2, 0) is 10.0 Å². The zero-order chi connectivity index (χ0) is 19.0. The molecule has 0 bridgehead atoms. The monoisotopic (exact) mass is 403 g/mol. The van der Waals surface area contributed by atoms with Crippen LogP contribution in [0.4, 0.5) is 0 Å². The number of rotatable bonds is 4. The summed E-state index contributed by atoms with van der Waals surface area (Å²) < 4.78 is 32.9. The maximum absolute atomic E-state index is 13.0. The molecule has 0 aliphatic carbocycles. The molecular formula is C19H18ClN3O3S. The normalized spacial score (nSPS) is 18.1. The number of hydrogen-bond donors (Lipinski definition) is 0. The van der Waals surface area contributed by atoms with Crippen LogP contribution in [0.15, 0.2) is 57.9 Å². The van der Waals surface area contributed by atoms with Gasteiger partial charge in [-0.3, -0.25) is 0 Å². The maximum Gasteiger partial charge on any atom is 0.245 e. The minimum Gasteiger partial charge on any atom is -0.337 e. The van der Waals surface area contributed by atoms with E-state index in [9.17, 15) is 8.42 Å². The third-order valence-electron chi connectivity index (χ3n) is 4.66. The number of hydrogen-bond acceptors (Lipinski definition) is 5. The van der Waals surface area contributed by atoms with Crippen LogP contribution >= 0.6 is 11.6 Å². The zero-order valence-corrected chi connectivity index (χ0v) is 16.2. The third-order valence-corrected chi connectivity index (χ3v) is 6.83. The van der Waals surface area contributed by atoms with E-state index in [0.717, 1.165) is 17.5 Å². The summed E-state index contributed by atoms with van der Waals surface area (Å²) in [5.74, 6) is 0.779. The first kappa shape index (κ1) is 18.2. The number of nitrogens with zero attached hydrogens (tertiary/aromatic N) is 3. The van der Waals surface area contributed by atoms with Gasteiger partial charge in [-0.05, 0) is 44.0 Å². The highest BCUT2D eigenvalue weighted by Crippen LogP contribution is 2.36. The Bertz CT molecular complexity index is 1050. The van der Waals surface area contributed by atoms with Gasteiger partial charge in [0.2, 0.25) is 21.7 Å². The Balaban J connectivity index is 1.64. The minimum absolute atomic E-state index is 0.206. The molecule has 1 saturated heterocycles. The number of aryl methyl sites for hydroxylation is 1. The molecule has 27 heavy (non-hydrogen) atoms. The van der Waals surface area contributed by atoms with E-state index in [1.54, 1.807) is 12.1 Å². The van der Waals surface area contributed by atoms with Crippen LogP contribution in [0.3, 0.4) is 0 Å². The predicted octanol–water partition coefficient (Wildman–Crippen LogP) is 4.22. The minimum atomic E-state index is -3.67. The van der Waals surface area contributed by atoms with Gasteiger partial charge in [-0.25, -0.2) is 8.42 Å². The molecule has 1 fully saturated rings. The lowest BCUT2D eigenvalue weighted by atomic mass is 10.1. The standard InChI is InChI=1S/C19H18ClN3O3S/c1-13-4-6-14(7-5-13)18-21-19(26-22-18)17-3-2-12-23(17)27(24,25)16-10-8-15(20)9-11-16/h4-11,17H,2-3,12H2,1H3/t17-/m0/s1. The molecule has 3 aromatic rings. The second-order valence-electron chi connectivity index (χ2n) is 6.55. The molecule has 8 heteroatoms. The van der Waals surface area contributed by atoms with Gasteiger partial charge in [0.25, 0.3) is 0 Å². The Morgan fingerprint density at radius 2 is 1.81 bits per heavy atom. The smallest absolute Gasteiger partial charge is 0.245 e. The second kappa shape index (κ2) is 7.07. The molecule has 1 atom stereocenters. The van der Waals surface area contributed by atoms with Crippen molar-refractivity contribution in [3.63, 3.8) is 0 Å². The van der Waals surface area contributed by atoms with E-state index in [0.29, 0.717) is 29.7 Å².